The van der Waals surface area contributed by atoms with Gasteiger partial charge in [-0.25, -0.2) is 9.37 Å². The van der Waals surface area contributed by atoms with Gasteiger partial charge in [-0.1, -0.05) is 0 Å². The van der Waals surface area contributed by atoms with Crippen LogP contribution in [0.1, 0.15) is 45.6 Å². The lowest BCUT2D eigenvalue weighted by atomic mass is 10.1. The number of likely N-dealkylation sites (tertiary alicyclic amines) is 1. The molecule has 0 saturated carbocycles. The standard InChI is InChI=1S/C19H16F2N4O3/c1-28-17-10(4-5-11(20)15(17)21)19(27)25-8-2-3-14(25)18-23-12-6-7-22-13(9-26)16(12)24-18/h4-7,9,14H,2-3,8H2,1H3,(H,23,24). The molecule has 0 spiro atoms. The van der Waals surface area contributed by atoms with Crippen molar-refractivity contribution < 1.29 is 23.1 Å². The van der Waals surface area contributed by atoms with E-state index in [9.17, 15) is 18.4 Å². The number of pyridine rings is 1. The zero-order valence-corrected chi connectivity index (χ0v) is 14.9. The van der Waals surface area contributed by atoms with Crippen LogP contribution < -0.4 is 4.74 Å². The molecule has 7 nitrogen and oxygen atoms in total. The van der Waals surface area contributed by atoms with Crippen LogP contribution in [-0.4, -0.2) is 45.7 Å². The third-order valence-corrected chi connectivity index (χ3v) is 4.87. The highest BCUT2D eigenvalue weighted by atomic mass is 19.2. The molecule has 1 fully saturated rings. The number of rotatable bonds is 4. The number of fused-ring (bicyclic) bond motifs is 1. The van der Waals surface area contributed by atoms with Gasteiger partial charge in [-0.05, 0) is 31.0 Å². The number of aldehydes is 1. The van der Waals surface area contributed by atoms with Gasteiger partial charge >= 0.3 is 0 Å². The normalized spacial score (nSPS) is 16.5. The zero-order chi connectivity index (χ0) is 19.8. The van der Waals surface area contributed by atoms with Crippen molar-refractivity contribution in [2.45, 2.75) is 18.9 Å². The van der Waals surface area contributed by atoms with Gasteiger partial charge in [-0.15, -0.1) is 0 Å². The fourth-order valence-corrected chi connectivity index (χ4v) is 3.57. The van der Waals surface area contributed by atoms with Gasteiger partial charge in [0.05, 0.1) is 24.2 Å². The lowest BCUT2D eigenvalue weighted by Crippen LogP contribution is -2.31. The van der Waals surface area contributed by atoms with E-state index in [4.69, 9.17) is 4.74 Å². The second-order valence-electron chi connectivity index (χ2n) is 6.43. The summed E-state index contributed by atoms with van der Waals surface area (Å²) in [4.78, 5) is 37.3. The number of benzene rings is 1. The molecule has 4 rings (SSSR count). The van der Waals surface area contributed by atoms with E-state index in [0.29, 0.717) is 36.1 Å². The van der Waals surface area contributed by atoms with Crippen LogP contribution in [0.4, 0.5) is 8.78 Å². The van der Waals surface area contributed by atoms with E-state index in [2.05, 4.69) is 15.0 Å². The van der Waals surface area contributed by atoms with Crippen molar-refractivity contribution in [1.29, 1.82) is 0 Å². The number of H-pyrrole nitrogens is 1. The molecule has 1 amide bonds. The highest BCUT2D eigenvalue weighted by Crippen LogP contribution is 2.35. The first-order valence-electron chi connectivity index (χ1n) is 8.68. The molecule has 0 bridgehead atoms. The van der Waals surface area contributed by atoms with Crippen LogP contribution in [0.25, 0.3) is 11.0 Å². The number of ether oxygens (including phenoxy) is 1. The van der Waals surface area contributed by atoms with E-state index in [1.54, 1.807) is 11.0 Å². The van der Waals surface area contributed by atoms with Gasteiger partial charge in [0.2, 0.25) is 5.82 Å². The summed E-state index contributed by atoms with van der Waals surface area (Å²) in [5.41, 5.74) is 1.21. The Hall–Kier alpha value is -3.36. The zero-order valence-electron chi connectivity index (χ0n) is 14.9. The maximum absolute atomic E-state index is 14.0. The van der Waals surface area contributed by atoms with Crippen LogP contribution in [-0.2, 0) is 0 Å². The van der Waals surface area contributed by atoms with Gasteiger partial charge in [0.15, 0.2) is 17.9 Å². The number of aromatic amines is 1. The summed E-state index contributed by atoms with van der Waals surface area (Å²) in [5.74, 6) is -2.68. The lowest BCUT2D eigenvalue weighted by molar-refractivity contribution is 0.0726. The van der Waals surface area contributed by atoms with Crippen LogP contribution in [0.5, 0.6) is 5.75 Å². The second-order valence-corrected chi connectivity index (χ2v) is 6.43. The fraction of sp³-hybridized carbons (Fsp3) is 0.263. The van der Waals surface area contributed by atoms with Gasteiger partial charge in [-0.2, -0.15) is 4.39 Å². The van der Waals surface area contributed by atoms with E-state index in [1.807, 2.05) is 0 Å². The molecule has 0 radical (unpaired) electrons. The molecular formula is C19H16F2N4O3. The van der Waals surface area contributed by atoms with Crippen LogP contribution in [0.2, 0.25) is 0 Å². The highest BCUT2D eigenvalue weighted by molar-refractivity contribution is 5.97. The Morgan fingerprint density at radius 2 is 2.18 bits per heavy atom. The number of amides is 1. The molecule has 1 N–H and O–H groups in total. The molecule has 3 aromatic rings. The molecule has 1 aliphatic rings. The predicted octanol–water partition coefficient (Wildman–Crippen LogP) is 3.03. The number of methoxy groups -OCH3 is 1. The van der Waals surface area contributed by atoms with Crippen molar-refractivity contribution in [3.05, 3.63) is 53.1 Å². The van der Waals surface area contributed by atoms with E-state index in [0.717, 1.165) is 12.5 Å². The number of halogens is 2. The first-order valence-corrected chi connectivity index (χ1v) is 8.68. The fourth-order valence-electron chi connectivity index (χ4n) is 3.57. The monoisotopic (exact) mass is 386 g/mol. The average Bonchev–Trinajstić information content (AvgIpc) is 3.35. The summed E-state index contributed by atoms with van der Waals surface area (Å²) in [7, 11) is 1.18. The van der Waals surface area contributed by atoms with Crippen molar-refractivity contribution >= 4 is 23.2 Å². The highest BCUT2D eigenvalue weighted by Gasteiger charge is 2.35. The number of hydrogen-bond donors (Lipinski definition) is 1. The van der Waals surface area contributed by atoms with Crippen molar-refractivity contribution in [1.82, 2.24) is 19.9 Å². The third kappa shape index (κ3) is 2.79. The van der Waals surface area contributed by atoms with Crippen LogP contribution >= 0.6 is 0 Å². The van der Waals surface area contributed by atoms with Crippen molar-refractivity contribution in [2.75, 3.05) is 13.7 Å². The first kappa shape index (κ1) is 18.0. The Labute approximate surface area is 158 Å². The van der Waals surface area contributed by atoms with E-state index >= 15 is 0 Å². The minimum atomic E-state index is -1.20. The summed E-state index contributed by atoms with van der Waals surface area (Å²) >= 11 is 0. The number of nitrogens with zero attached hydrogens (tertiary/aromatic N) is 3. The molecule has 3 heterocycles. The smallest absolute Gasteiger partial charge is 0.258 e. The molecule has 1 aromatic carbocycles. The molecule has 0 aliphatic carbocycles. The molecule has 144 valence electrons. The van der Waals surface area contributed by atoms with Crippen molar-refractivity contribution in [3.8, 4) is 5.75 Å². The minimum Gasteiger partial charge on any atom is -0.493 e. The summed E-state index contributed by atoms with van der Waals surface area (Å²) in [6.07, 6.45) is 3.48. The Kier molecular flexibility index (Phi) is 4.50. The Morgan fingerprint density at radius 3 is 2.93 bits per heavy atom. The SMILES string of the molecule is COc1c(C(=O)N2CCCC2c2nc3c(C=O)nccc3[nH]2)ccc(F)c1F. The number of carbonyl (C=O) groups excluding carboxylic acids is 2. The quantitative estimate of drug-likeness (QED) is 0.697. The van der Waals surface area contributed by atoms with Gasteiger partial charge in [0.25, 0.3) is 5.91 Å². The molecule has 1 atom stereocenters. The number of hydrogen-bond acceptors (Lipinski definition) is 5. The Morgan fingerprint density at radius 1 is 1.36 bits per heavy atom. The lowest BCUT2D eigenvalue weighted by Gasteiger charge is -2.24. The number of imidazole rings is 1. The number of nitrogens with one attached hydrogen (secondary N) is 1. The largest absolute Gasteiger partial charge is 0.493 e. The van der Waals surface area contributed by atoms with Gasteiger partial charge in [0.1, 0.15) is 17.0 Å². The Bertz CT molecular complexity index is 1080. The van der Waals surface area contributed by atoms with Crippen LogP contribution in [0, 0.1) is 11.6 Å². The summed E-state index contributed by atoms with van der Waals surface area (Å²) < 4.78 is 32.4. The molecule has 2 aromatic heterocycles. The van der Waals surface area contributed by atoms with E-state index < -0.39 is 29.3 Å². The maximum atomic E-state index is 14.0. The Balaban J connectivity index is 1.72. The average molecular weight is 386 g/mol. The summed E-state index contributed by atoms with van der Waals surface area (Å²) in [6, 6.07) is 3.41. The number of aromatic nitrogens is 3. The predicted molar refractivity (Wildman–Crippen MR) is 95.2 cm³/mol. The molecule has 9 heteroatoms. The summed E-state index contributed by atoms with van der Waals surface area (Å²) in [5, 5.41) is 0. The molecular weight excluding hydrogens is 370 g/mol. The maximum Gasteiger partial charge on any atom is 0.258 e. The third-order valence-electron chi connectivity index (χ3n) is 4.87. The van der Waals surface area contributed by atoms with E-state index in [1.165, 1.54) is 19.4 Å². The van der Waals surface area contributed by atoms with Crippen LogP contribution in [0.15, 0.2) is 24.4 Å². The minimum absolute atomic E-state index is 0.0559. The topological polar surface area (TPSA) is 88.2 Å². The van der Waals surface area contributed by atoms with Crippen molar-refractivity contribution in [2.24, 2.45) is 0 Å². The molecule has 1 aliphatic heterocycles. The van der Waals surface area contributed by atoms with E-state index in [-0.39, 0.29) is 11.3 Å². The second kappa shape index (κ2) is 6.99. The van der Waals surface area contributed by atoms with Gasteiger partial charge in [-0.3, -0.25) is 14.6 Å². The first-order chi connectivity index (χ1) is 13.5. The van der Waals surface area contributed by atoms with Gasteiger partial charge in [0, 0.05) is 12.7 Å². The molecule has 1 saturated heterocycles. The number of carbonyl (C=O) groups is 2. The molecule has 28 heavy (non-hydrogen) atoms. The van der Waals surface area contributed by atoms with Gasteiger partial charge < -0.3 is 14.6 Å². The van der Waals surface area contributed by atoms with Crippen LogP contribution in [0.3, 0.4) is 0 Å². The van der Waals surface area contributed by atoms with Crippen molar-refractivity contribution in [3.63, 3.8) is 0 Å². The molecule has 1 unspecified atom stereocenters. The summed E-state index contributed by atoms with van der Waals surface area (Å²) in [6.45, 7) is 0.432.